The lowest BCUT2D eigenvalue weighted by Gasteiger charge is -2.11. The number of hydrogen-bond donors (Lipinski definition) is 0. The molecule has 0 aliphatic carbocycles. The maximum Gasteiger partial charge on any atom is 0.121 e. The van der Waals surface area contributed by atoms with Gasteiger partial charge in [0.2, 0.25) is 0 Å². The molecule has 202 valence electrons. The summed E-state index contributed by atoms with van der Waals surface area (Å²) in [6, 6.07) is 23.1. The number of rotatable bonds is 16. The quantitative estimate of drug-likeness (QED) is 0.143. The van der Waals surface area contributed by atoms with Gasteiger partial charge >= 0.3 is 0 Å². The van der Waals surface area contributed by atoms with Crippen LogP contribution in [0.25, 0.3) is 11.0 Å². The molecule has 0 bridgehead atoms. The minimum absolute atomic E-state index is 0.705. The van der Waals surface area contributed by atoms with Crippen molar-refractivity contribution in [1.29, 1.82) is 0 Å². The Labute approximate surface area is 227 Å². The summed E-state index contributed by atoms with van der Waals surface area (Å²) >= 11 is 0. The SMILES string of the molecule is CCCCOc1ccc2nc(CCc3ccc(OCCCc4ccc(OC)cc4)cc3)n(CCCC)c2c1. The molecule has 1 heterocycles. The van der Waals surface area contributed by atoms with Gasteiger partial charge in [0.25, 0.3) is 0 Å². The van der Waals surface area contributed by atoms with Crippen molar-refractivity contribution < 1.29 is 14.2 Å². The lowest BCUT2D eigenvalue weighted by molar-refractivity contribution is 0.309. The molecule has 5 nitrogen and oxygen atoms in total. The minimum atomic E-state index is 0.705. The maximum atomic E-state index is 5.99. The van der Waals surface area contributed by atoms with E-state index in [1.165, 1.54) is 16.6 Å². The highest BCUT2D eigenvalue weighted by molar-refractivity contribution is 5.78. The predicted molar refractivity (Wildman–Crippen MR) is 156 cm³/mol. The number of unbranched alkanes of at least 4 members (excludes halogenated alkanes) is 2. The van der Waals surface area contributed by atoms with Gasteiger partial charge in [-0.3, -0.25) is 0 Å². The fourth-order valence-corrected chi connectivity index (χ4v) is 4.60. The molecule has 0 N–H and O–H groups in total. The summed E-state index contributed by atoms with van der Waals surface area (Å²) in [5.74, 6) is 3.91. The van der Waals surface area contributed by atoms with E-state index in [9.17, 15) is 0 Å². The monoisotopic (exact) mass is 514 g/mol. The van der Waals surface area contributed by atoms with E-state index in [2.05, 4.69) is 73.0 Å². The highest BCUT2D eigenvalue weighted by Gasteiger charge is 2.12. The van der Waals surface area contributed by atoms with E-state index in [0.29, 0.717) is 6.61 Å². The van der Waals surface area contributed by atoms with Crippen LogP contribution in [0.2, 0.25) is 0 Å². The van der Waals surface area contributed by atoms with Crippen molar-refractivity contribution in [1.82, 2.24) is 9.55 Å². The number of ether oxygens (including phenoxy) is 3. The Morgan fingerprint density at radius 3 is 2.00 bits per heavy atom. The standard InChI is InChI=1S/C33H42N2O3/c1-4-6-22-35-32-25-30(38-23-7-5-2)19-20-31(32)34-33(35)21-14-27-12-17-29(18-13-27)37-24-8-9-26-10-15-28(36-3)16-11-26/h10-13,15-20,25H,4-9,14,21-24H2,1-3H3. The van der Waals surface area contributed by atoms with Crippen LogP contribution in [0.3, 0.4) is 0 Å². The summed E-state index contributed by atoms with van der Waals surface area (Å²) in [5, 5.41) is 0. The Morgan fingerprint density at radius 1 is 0.658 bits per heavy atom. The second-order valence-corrected chi connectivity index (χ2v) is 9.83. The van der Waals surface area contributed by atoms with E-state index in [-0.39, 0.29) is 0 Å². The van der Waals surface area contributed by atoms with Gasteiger partial charge < -0.3 is 18.8 Å². The molecule has 0 aliphatic heterocycles. The molecular weight excluding hydrogens is 472 g/mol. The van der Waals surface area contributed by atoms with Crippen molar-refractivity contribution in [3.63, 3.8) is 0 Å². The fraction of sp³-hybridized carbons (Fsp3) is 0.424. The lowest BCUT2D eigenvalue weighted by Crippen LogP contribution is -2.06. The first-order valence-corrected chi connectivity index (χ1v) is 14.2. The van der Waals surface area contributed by atoms with Gasteiger partial charge in [0.1, 0.15) is 23.1 Å². The van der Waals surface area contributed by atoms with Crippen LogP contribution in [0.15, 0.2) is 66.7 Å². The average Bonchev–Trinajstić information content (AvgIpc) is 3.30. The number of methoxy groups -OCH3 is 1. The van der Waals surface area contributed by atoms with E-state index in [1.54, 1.807) is 7.11 Å². The second kappa shape index (κ2) is 14.5. The number of hydrogen-bond acceptors (Lipinski definition) is 4. The summed E-state index contributed by atoms with van der Waals surface area (Å²) in [5.41, 5.74) is 4.83. The number of imidazole rings is 1. The molecular formula is C33H42N2O3. The lowest BCUT2D eigenvalue weighted by atomic mass is 10.1. The molecule has 3 aromatic carbocycles. The van der Waals surface area contributed by atoms with Crippen LogP contribution in [-0.4, -0.2) is 29.9 Å². The molecule has 4 aromatic rings. The summed E-state index contributed by atoms with van der Waals surface area (Å²) < 4.78 is 19.6. The molecule has 1 aromatic heterocycles. The molecule has 0 atom stereocenters. The third kappa shape index (κ3) is 7.77. The van der Waals surface area contributed by atoms with Gasteiger partial charge in [-0.15, -0.1) is 0 Å². The first-order chi connectivity index (χ1) is 18.7. The number of aromatic nitrogens is 2. The van der Waals surface area contributed by atoms with E-state index >= 15 is 0 Å². The van der Waals surface area contributed by atoms with Gasteiger partial charge in [0, 0.05) is 19.0 Å². The van der Waals surface area contributed by atoms with Crippen LogP contribution in [0.5, 0.6) is 17.2 Å². The molecule has 0 spiro atoms. The van der Waals surface area contributed by atoms with Gasteiger partial charge in [-0.1, -0.05) is 51.0 Å². The highest BCUT2D eigenvalue weighted by atomic mass is 16.5. The number of benzene rings is 3. The number of nitrogens with zero attached hydrogens (tertiary/aromatic N) is 2. The zero-order valence-electron chi connectivity index (χ0n) is 23.2. The zero-order valence-corrected chi connectivity index (χ0v) is 23.2. The van der Waals surface area contributed by atoms with E-state index in [0.717, 1.165) is 93.1 Å². The third-order valence-corrected chi connectivity index (χ3v) is 6.90. The topological polar surface area (TPSA) is 45.5 Å². The Bertz CT molecular complexity index is 1250. The minimum Gasteiger partial charge on any atom is -0.497 e. The Balaban J connectivity index is 1.31. The third-order valence-electron chi connectivity index (χ3n) is 6.90. The summed E-state index contributed by atoms with van der Waals surface area (Å²) in [6.07, 6.45) is 8.35. The maximum absolute atomic E-state index is 5.99. The van der Waals surface area contributed by atoms with Crippen LogP contribution < -0.4 is 14.2 Å². The molecule has 38 heavy (non-hydrogen) atoms. The molecule has 0 saturated heterocycles. The molecule has 5 heteroatoms. The number of aryl methyl sites for hydroxylation is 4. The molecule has 0 saturated carbocycles. The summed E-state index contributed by atoms with van der Waals surface area (Å²) in [6.45, 7) is 6.88. The van der Waals surface area contributed by atoms with Crippen LogP contribution in [-0.2, 0) is 25.8 Å². The summed E-state index contributed by atoms with van der Waals surface area (Å²) in [7, 11) is 1.69. The smallest absolute Gasteiger partial charge is 0.121 e. The summed E-state index contributed by atoms with van der Waals surface area (Å²) in [4.78, 5) is 5.00. The first-order valence-electron chi connectivity index (χ1n) is 14.2. The van der Waals surface area contributed by atoms with Gasteiger partial charge in [-0.25, -0.2) is 4.98 Å². The second-order valence-electron chi connectivity index (χ2n) is 9.83. The van der Waals surface area contributed by atoms with Crippen LogP contribution in [0.1, 0.15) is 62.9 Å². The largest absolute Gasteiger partial charge is 0.497 e. The van der Waals surface area contributed by atoms with Crippen LogP contribution >= 0.6 is 0 Å². The zero-order chi connectivity index (χ0) is 26.6. The Morgan fingerprint density at radius 2 is 1.29 bits per heavy atom. The fourth-order valence-electron chi connectivity index (χ4n) is 4.60. The van der Waals surface area contributed by atoms with Gasteiger partial charge in [0.15, 0.2) is 0 Å². The highest BCUT2D eigenvalue weighted by Crippen LogP contribution is 2.24. The van der Waals surface area contributed by atoms with Gasteiger partial charge in [0.05, 0.1) is 31.4 Å². The molecule has 0 amide bonds. The van der Waals surface area contributed by atoms with Crippen molar-refractivity contribution >= 4 is 11.0 Å². The van der Waals surface area contributed by atoms with Crippen molar-refractivity contribution in [3.05, 3.63) is 83.7 Å². The van der Waals surface area contributed by atoms with Gasteiger partial charge in [-0.05, 0) is 79.6 Å². The molecule has 0 fully saturated rings. The van der Waals surface area contributed by atoms with Crippen molar-refractivity contribution in [2.45, 2.75) is 71.8 Å². The van der Waals surface area contributed by atoms with E-state index in [1.807, 2.05) is 12.1 Å². The van der Waals surface area contributed by atoms with E-state index in [4.69, 9.17) is 19.2 Å². The van der Waals surface area contributed by atoms with Gasteiger partial charge in [-0.2, -0.15) is 0 Å². The molecule has 0 unspecified atom stereocenters. The Hall–Kier alpha value is -3.47. The van der Waals surface area contributed by atoms with Crippen LogP contribution in [0, 0.1) is 0 Å². The Kier molecular flexibility index (Phi) is 10.5. The van der Waals surface area contributed by atoms with E-state index < -0.39 is 0 Å². The van der Waals surface area contributed by atoms with Crippen molar-refractivity contribution in [3.8, 4) is 17.2 Å². The molecule has 4 rings (SSSR count). The van der Waals surface area contributed by atoms with Crippen LogP contribution in [0.4, 0.5) is 0 Å². The predicted octanol–water partition coefficient (Wildman–Crippen LogP) is 7.82. The molecule has 0 aliphatic rings. The number of fused-ring (bicyclic) bond motifs is 1. The molecule has 0 radical (unpaired) electrons. The van der Waals surface area contributed by atoms with Crippen molar-refractivity contribution in [2.24, 2.45) is 0 Å². The normalized spacial score (nSPS) is 11.1. The average molecular weight is 515 g/mol. The van der Waals surface area contributed by atoms with Crippen molar-refractivity contribution in [2.75, 3.05) is 20.3 Å². The first kappa shape index (κ1) is 27.6.